The fourth-order valence-electron chi connectivity index (χ4n) is 2.80. The summed E-state index contributed by atoms with van der Waals surface area (Å²) in [7, 11) is -3.56. The lowest BCUT2D eigenvalue weighted by Gasteiger charge is -2.34. The summed E-state index contributed by atoms with van der Waals surface area (Å²) in [6, 6.07) is 2.46. The van der Waals surface area contributed by atoms with E-state index in [4.69, 9.17) is 4.74 Å². The summed E-state index contributed by atoms with van der Waals surface area (Å²) < 4.78 is 57.9. The molecular weight excluding hydrogens is 396 g/mol. The lowest BCUT2D eigenvalue weighted by Crippen LogP contribution is -2.50. The Morgan fingerprint density at radius 1 is 1.18 bits per heavy atom. The Bertz CT molecular complexity index is 824. The Morgan fingerprint density at radius 2 is 1.82 bits per heavy atom. The number of ether oxygens (including phenoxy) is 1. The highest BCUT2D eigenvalue weighted by Gasteiger charge is 2.30. The topological polar surface area (TPSA) is 105 Å². The van der Waals surface area contributed by atoms with Crippen molar-refractivity contribution in [3.8, 4) is 0 Å². The summed E-state index contributed by atoms with van der Waals surface area (Å²) in [5.41, 5.74) is -0.396. The molecule has 1 heterocycles. The molecule has 28 heavy (non-hydrogen) atoms. The average molecular weight is 419 g/mol. The molecule has 2 atom stereocenters. The standard InChI is InChI=1S/C17H23F2N3O5S/c1-11-9-22(10-12(2)27-11)28(25,26)6-5-20-16(23)8-21-17(24)14-4-3-13(18)7-15(14)19/h3-4,7,11-12H,5-6,8-10H2,1-2H3,(H,20,23)(H,21,24). The number of nitrogens with zero attached hydrogens (tertiary/aromatic N) is 1. The largest absolute Gasteiger partial charge is 0.373 e. The van der Waals surface area contributed by atoms with Crippen LogP contribution in [-0.4, -0.2) is 68.7 Å². The van der Waals surface area contributed by atoms with Gasteiger partial charge in [-0.25, -0.2) is 17.2 Å². The Labute approximate surface area is 162 Å². The van der Waals surface area contributed by atoms with E-state index in [0.29, 0.717) is 6.07 Å². The first-order chi connectivity index (χ1) is 13.1. The zero-order valence-electron chi connectivity index (χ0n) is 15.6. The minimum Gasteiger partial charge on any atom is -0.373 e. The molecule has 1 aromatic rings. The van der Waals surface area contributed by atoms with Crippen molar-refractivity contribution >= 4 is 21.8 Å². The molecular formula is C17H23F2N3O5S. The van der Waals surface area contributed by atoms with Gasteiger partial charge in [0, 0.05) is 25.7 Å². The van der Waals surface area contributed by atoms with Gasteiger partial charge in [-0.2, -0.15) is 4.31 Å². The third kappa shape index (κ3) is 6.21. The van der Waals surface area contributed by atoms with Gasteiger partial charge in [0.1, 0.15) is 11.6 Å². The monoisotopic (exact) mass is 419 g/mol. The summed E-state index contributed by atoms with van der Waals surface area (Å²) >= 11 is 0. The van der Waals surface area contributed by atoms with Crippen molar-refractivity contribution in [3.05, 3.63) is 35.4 Å². The summed E-state index contributed by atoms with van der Waals surface area (Å²) in [4.78, 5) is 23.6. The number of rotatable bonds is 7. The van der Waals surface area contributed by atoms with Gasteiger partial charge < -0.3 is 15.4 Å². The van der Waals surface area contributed by atoms with Gasteiger partial charge in [0.15, 0.2) is 0 Å². The number of benzene rings is 1. The molecule has 2 unspecified atom stereocenters. The van der Waals surface area contributed by atoms with Crippen molar-refractivity contribution < 1.29 is 31.5 Å². The SMILES string of the molecule is CC1CN(S(=O)(=O)CCNC(=O)CNC(=O)c2ccc(F)cc2F)CC(C)O1. The number of amides is 2. The Balaban J connectivity index is 1.77. The van der Waals surface area contributed by atoms with Crippen LogP contribution in [0.1, 0.15) is 24.2 Å². The van der Waals surface area contributed by atoms with Gasteiger partial charge in [-0.05, 0) is 26.0 Å². The number of sulfonamides is 1. The lowest BCUT2D eigenvalue weighted by atomic mass is 10.2. The van der Waals surface area contributed by atoms with E-state index in [2.05, 4.69) is 10.6 Å². The van der Waals surface area contributed by atoms with Crippen LogP contribution in [0, 0.1) is 11.6 Å². The highest BCUT2D eigenvalue weighted by molar-refractivity contribution is 7.89. The number of nitrogens with one attached hydrogen (secondary N) is 2. The van der Waals surface area contributed by atoms with Gasteiger partial charge >= 0.3 is 0 Å². The van der Waals surface area contributed by atoms with Gasteiger partial charge in [0.25, 0.3) is 5.91 Å². The minimum absolute atomic E-state index is 0.137. The van der Waals surface area contributed by atoms with E-state index >= 15 is 0 Å². The molecule has 1 aliphatic heterocycles. The summed E-state index contributed by atoms with van der Waals surface area (Å²) in [6.07, 6.45) is -0.426. The molecule has 1 aromatic carbocycles. The Hall–Kier alpha value is -2.11. The highest BCUT2D eigenvalue weighted by atomic mass is 32.2. The molecule has 1 saturated heterocycles. The van der Waals surface area contributed by atoms with Crippen LogP contribution in [0.15, 0.2) is 18.2 Å². The van der Waals surface area contributed by atoms with Crippen molar-refractivity contribution in [2.24, 2.45) is 0 Å². The first-order valence-corrected chi connectivity index (χ1v) is 10.3. The van der Waals surface area contributed by atoms with Crippen LogP contribution in [0.25, 0.3) is 0 Å². The van der Waals surface area contributed by atoms with Crippen LogP contribution in [0.3, 0.4) is 0 Å². The fourth-order valence-corrected chi connectivity index (χ4v) is 4.29. The molecule has 0 aromatic heterocycles. The zero-order chi connectivity index (χ0) is 20.9. The van der Waals surface area contributed by atoms with Crippen molar-refractivity contribution in [1.82, 2.24) is 14.9 Å². The second-order valence-electron chi connectivity index (χ2n) is 6.55. The van der Waals surface area contributed by atoms with Gasteiger partial charge in [-0.1, -0.05) is 0 Å². The predicted molar refractivity (Wildman–Crippen MR) is 97.1 cm³/mol. The van der Waals surface area contributed by atoms with Gasteiger partial charge in [-0.3, -0.25) is 9.59 Å². The normalized spacial score (nSPS) is 20.6. The van der Waals surface area contributed by atoms with Crippen molar-refractivity contribution in [3.63, 3.8) is 0 Å². The average Bonchev–Trinajstić information content (AvgIpc) is 2.58. The summed E-state index contributed by atoms with van der Waals surface area (Å²) in [6.45, 7) is 3.46. The van der Waals surface area contributed by atoms with E-state index in [-0.39, 0.29) is 37.6 Å². The van der Waals surface area contributed by atoms with Crippen LogP contribution in [0.4, 0.5) is 8.78 Å². The van der Waals surface area contributed by atoms with E-state index in [1.54, 1.807) is 13.8 Å². The number of halogens is 2. The molecule has 11 heteroatoms. The van der Waals surface area contributed by atoms with Crippen LogP contribution in [0.5, 0.6) is 0 Å². The number of morpholine rings is 1. The van der Waals surface area contributed by atoms with Crippen molar-refractivity contribution in [2.45, 2.75) is 26.1 Å². The zero-order valence-corrected chi connectivity index (χ0v) is 16.4. The van der Waals surface area contributed by atoms with Gasteiger partial charge in [0.2, 0.25) is 15.9 Å². The first-order valence-electron chi connectivity index (χ1n) is 8.71. The van der Waals surface area contributed by atoms with Crippen LogP contribution >= 0.6 is 0 Å². The summed E-state index contributed by atoms with van der Waals surface area (Å²) in [5.74, 6) is -3.67. The second kappa shape index (κ2) is 9.39. The Morgan fingerprint density at radius 3 is 2.43 bits per heavy atom. The molecule has 0 saturated carbocycles. The van der Waals surface area contributed by atoms with Crippen molar-refractivity contribution in [2.75, 3.05) is 31.9 Å². The number of hydrogen-bond acceptors (Lipinski definition) is 5. The second-order valence-corrected chi connectivity index (χ2v) is 8.64. The lowest BCUT2D eigenvalue weighted by molar-refractivity contribution is -0.120. The maximum Gasteiger partial charge on any atom is 0.254 e. The number of hydrogen-bond donors (Lipinski definition) is 2. The highest BCUT2D eigenvalue weighted by Crippen LogP contribution is 2.14. The molecule has 1 fully saturated rings. The molecule has 0 bridgehead atoms. The molecule has 1 aliphatic rings. The predicted octanol–water partition coefficient (Wildman–Crippen LogP) is 0.250. The van der Waals surface area contributed by atoms with E-state index in [9.17, 15) is 26.8 Å². The first kappa shape index (κ1) is 22.2. The maximum atomic E-state index is 13.5. The van der Waals surface area contributed by atoms with Crippen molar-refractivity contribution in [1.29, 1.82) is 0 Å². The molecule has 2 rings (SSSR count). The van der Waals surface area contributed by atoms with Crippen LogP contribution < -0.4 is 10.6 Å². The molecule has 0 radical (unpaired) electrons. The maximum absolute atomic E-state index is 13.5. The third-order valence-corrected chi connectivity index (χ3v) is 5.85. The van der Waals surface area contributed by atoms with Gasteiger partial charge in [0.05, 0.1) is 30.1 Å². The molecule has 0 spiro atoms. The fraction of sp³-hybridized carbons (Fsp3) is 0.529. The van der Waals surface area contributed by atoms with Crippen LogP contribution in [0.2, 0.25) is 0 Å². The van der Waals surface area contributed by atoms with E-state index in [1.807, 2.05) is 0 Å². The Kier molecular flexibility index (Phi) is 7.44. The molecule has 8 nitrogen and oxygen atoms in total. The number of carbonyl (C=O) groups excluding carboxylic acids is 2. The molecule has 2 N–H and O–H groups in total. The molecule has 2 amide bonds. The van der Waals surface area contributed by atoms with E-state index in [0.717, 1.165) is 12.1 Å². The molecule has 156 valence electrons. The molecule has 0 aliphatic carbocycles. The van der Waals surface area contributed by atoms with Crippen LogP contribution in [-0.2, 0) is 19.6 Å². The number of carbonyl (C=O) groups is 2. The van der Waals surface area contributed by atoms with E-state index < -0.39 is 45.6 Å². The third-order valence-electron chi connectivity index (χ3n) is 4.05. The summed E-state index contributed by atoms with van der Waals surface area (Å²) in [5, 5.41) is 4.58. The van der Waals surface area contributed by atoms with E-state index in [1.165, 1.54) is 4.31 Å². The smallest absolute Gasteiger partial charge is 0.254 e. The van der Waals surface area contributed by atoms with Gasteiger partial charge in [-0.15, -0.1) is 0 Å². The quantitative estimate of drug-likeness (QED) is 0.659. The minimum atomic E-state index is -3.56.